The molecule has 0 fully saturated rings. The Morgan fingerprint density at radius 3 is 2.85 bits per heavy atom. The van der Waals surface area contributed by atoms with Gasteiger partial charge < -0.3 is 14.7 Å². The van der Waals surface area contributed by atoms with Crippen molar-refractivity contribution in [2.24, 2.45) is 0 Å². The molecule has 3 aromatic heterocycles. The maximum atomic E-state index is 12.0. The molecule has 0 unspecified atom stereocenters. The first-order valence-electron chi connectivity index (χ1n) is 8.60. The zero-order valence-electron chi connectivity index (χ0n) is 15.5. The fraction of sp³-hybridized carbons (Fsp3) is 0.200. The van der Waals surface area contributed by atoms with E-state index in [-0.39, 0.29) is 5.91 Å². The number of allylic oxidation sites excluding steroid dienone is 3. The van der Waals surface area contributed by atoms with Gasteiger partial charge in [-0.1, -0.05) is 19.6 Å². The molecule has 0 bridgehead atoms. The van der Waals surface area contributed by atoms with E-state index in [0.717, 1.165) is 22.2 Å². The van der Waals surface area contributed by atoms with Gasteiger partial charge in [-0.2, -0.15) is 0 Å². The molecule has 138 valence electrons. The standard InChI is InChI=1S/C20H21N5O2/c1-5-13(7-14(6-2)25-20(26)12(3)4)18-17-15(16-9-21-11-27-16)8-22-19(17)24-10-23-18/h6-11H,3,5H2,1-2,4H3,(H,25,26)(H,22,23,24). The van der Waals surface area contributed by atoms with Crippen LogP contribution in [0.1, 0.15) is 32.9 Å². The highest BCUT2D eigenvalue weighted by atomic mass is 16.3. The van der Waals surface area contributed by atoms with Gasteiger partial charge in [-0.25, -0.2) is 15.0 Å². The number of nitrogens with one attached hydrogen (secondary N) is 2. The molecule has 0 spiro atoms. The SMILES string of the molecule is C=C(C)C(=O)NC(=CC)C=C(CC)c1ncnc2[nH]cc(-c3cnco3)c12. The number of H-pyrrole nitrogens is 1. The highest BCUT2D eigenvalue weighted by Crippen LogP contribution is 2.33. The Morgan fingerprint density at radius 2 is 2.22 bits per heavy atom. The molecule has 0 saturated carbocycles. The van der Waals surface area contributed by atoms with Gasteiger partial charge in [0, 0.05) is 23.0 Å². The minimum absolute atomic E-state index is 0.216. The van der Waals surface area contributed by atoms with Crippen molar-refractivity contribution in [3.63, 3.8) is 0 Å². The molecule has 1 amide bonds. The number of nitrogens with zero attached hydrogens (tertiary/aromatic N) is 3. The van der Waals surface area contributed by atoms with Gasteiger partial charge in [0.1, 0.15) is 12.0 Å². The molecular formula is C20H21N5O2. The minimum Gasteiger partial charge on any atom is -0.443 e. The summed E-state index contributed by atoms with van der Waals surface area (Å²) in [6.45, 7) is 9.24. The molecule has 3 heterocycles. The van der Waals surface area contributed by atoms with Crippen LogP contribution in [0.4, 0.5) is 0 Å². The summed E-state index contributed by atoms with van der Waals surface area (Å²) in [6.07, 6.45) is 10.9. The van der Waals surface area contributed by atoms with Crippen molar-refractivity contribution in [3.05, 3.63) is 60.8 Å². The van der Waals surface area contributed by atoms with Crippen LogP contribution in [0.3, 0.4) is 0 Å². The lowest BCUT2D eigenvalue weighted by Crippen LogP contribution is -2.22. The Bertz CT molecular complexity index is 1040. The Hall–Kier alpha value is -3.48. The van der Waals surface area contributed by atoms with Gasteiger partial charge in [0.25, 0.3) is 5.91 Å². The van der Waals surface area contributed by atoms with Crippen molar-refractivity contribution in [2.45, 2.75) is 27.2 Å². The van der Waals surface area contributed by atoms with E-state index in [4.69, 9.17) is 4.42 Å². The third kappa shape index (κ3) is 3.72. The highest BCUT2D eigenvalue weighted by Gasteiger charge is 2.17. The number of hydrogen-bond donors (Lipinski definition) is 2. The second kappa shape index (κ2) is 7.82. The van der Waals surface area contributed by atoms with Crippen LogP contribution in [0.2, 0.25) is 0 Å². The smallest absolute Gasteiger partial charge is 0.250 e. The number of oxazole rings is 1. The highest BCUT2D eigenvalue weighted by molar-refractivity contribution is 5.99. The average Bonchev–Trinajstić information content (AvgIpc) is 3.33. The average molecular weight is 363 g/mol. The number of hydrogen-bond acceptors (Lipinski definition) is 5. The van der Waals surface area contributed by atoms with Crippen molar-refractivity contribution in [1.29, 1.82) is 0 Å². The van der Waals surface area contributed by atoms with Crippen molar-refractivity contribution >= 4 is 22.5 Å². The topological polar surface area (TPSA) is 96.7 Å². The van der Waals surface area contributed by atoms with Gasteiger partial charge in [0.2, 0.25) is 0 Å². The predicted molar refractivity (Wildman–Crippen MR) is 104 cm³/mol. The Balaban J connectivity index is 2.10. The third-order valence-electron chi connectivity index (χ3n) is 4.14. The molecule has 0 aromatic carbocycles. The lowest BCUT2D eigenvalue weighted by molar-refractivity contribution is -0.116. The van der Waals surface area contributed by atoms with E-state index < -0.39 is 0 Å². The van der Waals surface area contributed by atoms with E-state index in [1.165, 1.54) is 12.7 Å². The molecule has 0 aliphatic heterocycles. The summed E-state index contributed by atoms with van der Waals surface area (Å²) in [6, 6.07) is 0. The summed E-state index contributed by atoms with van der Waals surface area (Å²) >= 11 is 0. The largest absolute Gasteiger partial charge is 0.443 e. The number of carbonyl (C=O) groups is 1. The van der Waals surface area contributed by atoms with Crippen molar-refractivity contribution in [2.75, 3.05) is 0 Å². The van der Waals surface area contributed by atoms with Crippen LogP contribution >= 0.6 is 0 Å². The first kappa shape index (κ1) is 18.3. The van der Waals surface area contributed by atoms with E-state index >= 15 is 0 Å². The maximum absolute atomic E-state index is 12.0. The number of fused-ring (bicyclic) bond motifs is 1. The third-order valence-corrected chi connectivity index (χ3v) is 4.14. The van der Waals surface area contributed by atoms with E-state index in [9.17, 15) is 4.79 Å². The van der Waals surface area contributed by atoms with Crippen molar-refractivity contribution in [3.8, 4) is 11.3 Å². The molecule has 0 radical (unpaired) electrons. The second-order valence-electron chi connectivity index (χ2n) is 6.02. The summed E-state index contributed by atoms with van der Waals surface area (Å²) in [5.74, 6) is 0.418. The van der Waals surface area contributed by atoms with E-state index in [1.807, 2.05) is 32.2 Å². The van der Waals surface area contributed by atoms with Crippen LogP contribution in [0.25, 0.3) is 27.9 Å². The van der Waals surface area contributed by atoms with Crippen LogP contribution in [0.5, 0.6) is 0 Å². The molecule has 0 aliphatic carbocycles. The molecule has 27 heavy (non-hydrogen) atoms. The number of rotatable bonds is 6. The van der Waals surface area contributed by atoms with Crippen molar-refractivity contribution in [1.82, 2.24) is 25.3 Å². The van der Waals surface area contributed by atoms with Crippen LogP contribution in [-0.2, 0) is 4.79 Å². The Labute approximate surface area is 156 Å². The minimum atomic E-state index is -0.216. The monoisotopic (exact) mass is 363 g/mol. The number of aromatic nitrogens is 4. The molecular weight excluding hydrogens is 342 g/mol. The van der Waals surface area contributed by atoms with Crippen LogP contribution in [0, 0.1) is 0 Å². The van der Waals surface area contributed by atoms with Gasteiger partial charge in [-0.05, 0) is 31.9 Å². The molecule has 7 nitrogen and oxygen atoms in total. The van der Waals surface area contributed by atoms with Gasteiger partial charge in [-0.15, -0.1) is 0 Å². The number of amides is 1. The summed E-state index contributed by atoms with van der Waals surface area (Å²) in [5, 5.41) is 3.70. The Morgan fingerprint density at radius 1 is 1.41 bits per heavy atom. The summed E-state index contributed by atoms with van der Waals surface area (Å²) in [5.41, 5.74) is 4.41. The number of carbonyl (C=O) groups excluding carboxylic acids is 1. The molecule has 2 N–H and O–H groups in total. The molecule has 7 heteroatoms. The van der Waals surface area contributed by atoms with Crippen LogP contribution < -0.4 is 5.32 Å². The first-order valence-corrected chi connectivity index (χ1v) is 8.60. The lowest BCUT2D eigenvalue weighted by atomic mass is 10.0. The predicted octanol–water partition coefficient (Wildman–Crippen LogP) is 4.00. The molecule has 0 aliphatic rings. The molecule has 0 saturated heterocycles. The van der Waals surface area contributed by atoms with Gasteiger partial charge in [0.15, 0.2) is 12.2 Å². The first-order chi connectivity index (χ1) is 13.0. The van der Waals surface area contributed by atoms with Crippen molar-refractivity contribution < 1.29 is 9.21 Å². The quantitative estimate of drug-likeness (QED) is 0.510. The van der Waals surface area contributed by atoms with E-state index in [2.05, 4.69) is 31.8 Å². The summed E-state index contributed by atoms with van der Waals surface area (Å²) in [4.78, 5) is 27.9. The Kier molecular flexibility index (Phi) is 5.30. The zero-order chi connectivity index (χ0) is 19.4. The fourth-order valence-electron chi connectivity index (χ4n) is 2.70. The second-order valence-corrected chi connectivity index (χ2v) is 6.02. The summed E-state index contributed by atoms with van der Waals surface area (Å²) in [7, 11) is 0. The van der Waals surface area contributed by atoms with Crippen LogP contribution in [-0.4, -0.2) is 25.8 Å². The molecule has 3 rings (SSSR count). The summed E-state index contributed by atoms with van der Waals surface area (Å²) < 4.78 is 5.45. The molecule has 3 aromatic rings. The lowest BCUT2D eigenvalue weighted by Gasteiger charge is -2.10. The van der Waals surface area contributed by atoms with Gasteiger partial charge in [-0.3, -0.25) is 4.79 Å². The normalized spacial score (nSPS) is 12.4. The number of aromatic amines is 1. The van der Waals surface area contributed by atoms with E-state index in [0.29, 0.717) is 29.1 Å². The van der Waals surface area contributed by atoms with Crippen LogP contribution in [0.15, 0.2) is 59.5 Å². The zero-order valence-corrected chi connectivity index (χ0v) is 15.5. The fourth-order valence-corrected chi connectivity index (χ4v) is 2.70. The maximum Gasteiger partial charge on any atom is 0.250 e. The van der Waals surface area contributed by atoms with Gasteiger partial charge in [0.05, 0.1) is 17.3 Å². The van der Waals surface area contributed by atoms with Gasteiger partial charge >= 0.3 is 0 Å². The van der Waals surface area contributed by atoms with E-state index in [1.54, 1.807) is 13.1 Å². The molecule has 0 atom stereocenters.